The zero-order valence-corrected chi connectivity index (χ0v) is 16.7. The summed E-state index contributed by atoms with van der Waals surface area (Å²) < 4.78 is 3.61. The van der Waals surface area contributed by atoms with Crippen molar-refractivity contribution < 1.29 is 4.79 Å². The van der Waals surface area contributed by atoms with Crippen LogP contribution in [0, 0.1) is 0 Å². The van der Waals surface area contributed by atoms with Gasteiger partial charge in [0.25, 0.3) is 0 Å². The molecule has 4 rings (SSSR count). The maximum Gasteiger partial charge on any atom is 0.230 e. The molecule has 1 aromatic carbocycles. The molecule has 1 amide bonds. The average molecular weight is 418 g/mol. The Hall–Kier alpha value is -2.39. The predicted molar refractivity (Wildman–Crippen MR) is 106 cm³/mol. The summed E-state index contributed by atoms with van der Waals surface area (Å²) in [7, 11) is 0. The van der Waals surface area contributed by atoms with Gasteiger partial charge in [-0.3, -0.25) is 4.79 Å². The lowest BCUT2D eigenvalue weighted by molar-refractivity contribution is -0.118. The number of aromatic nitrogens is 6. The molecule has 1 aliphatic rings. The van der Waals surface area contributed by atoms with Gasteiger partial charge in [0.1, 0.15) is 0 Å². The van der Waals surface area contributed by atoms with Crippen molar-refractivity contribution in [2.75, 3.05) is 5.75 Å². The minimum Gasteiger partial charge on any atom is -0.351 e. The maximum atomic E-state index is 12.2. The second kappa shape index (κ2) is 8.74. The molecule has 0 unspecified atom stereocenters. The van der Waals surface area contributed by atoms with E-state index in [1.807, 2.05) is 35.1 Å². The van der Waals surface area contributed by atoms with Gasteiger partial charge in [-0.1, -0.05) is 36.2 Å². The van der Waals surface area contributed by atoms with E-state index in [-0.39, 0.29) is 11.7 Å². The molecule has 1 aliphatic carbocycles. The molecule has 1 saturated carbocycles. The Morgan fingerprint density at radius 3 is 2.82 bits per heavy atom. The zero-order chi connectivity index (χ0) is 19.3. The van der Waals surface area contributed by atoms with Gasteiger partial charge in [-0.15, -0.1) is 5.10 Å². The average Bonchev–Trinajstić information content (AvgIpc) is 3.46. The molecule has 10 heteroatoms. The van der Waals surface area contributed by atoms with Crippen molar-refractivity contribution in [2.24, 2.45) is 0 Å². The molecule has 1 N–H and O–H groups in total. The normalized spacial score (nSPS) is 14.5. The number of hydrogen-bond donors (Lipinski definition) is 1. The van der Waals surface area contributed by atoms with E-state index >= 15 is 0 Å². The van der Waals surface area contributed by atoms with Crippen LogP contribution in [0.1, 0.15) is 37.3 Å². The second-order valence-corrected chi connectivity index (χ2v) is 8.06. The van der Waals surface area contributed by atoms with E-state index < -0.39 is 0 Å². The van der Waals surface area contributed by atoms with Crippen molar-refractivity contribution in [3.05, 3.63) is 47.2 Å². The van der Waals surface area contributed by atoms with Crippen LogP contribution < -0.4 is 5.32 Å². The summed E-state index contributed by atoms with van der Waals surface area (Å²) in [6.07, 6.45) is 8.24. The molecule has 0 atom stereocenters. The summed E-state index contributed by atoms with van der Waals surface area (Å²) in [5.41, 5.74) is 1.83. The quantitative estimate of drug-likeness (QED) is 0.594. The van der Waals surface area contributed by atoms with Crippen molar-refractivity contribution in [1.29, 1.82) is 0 Å². The van der Waals surface area contributed by atoms with Crippen molar-refractivity contribution >= 4 is 29.3 Å². The molecule has 0 saturated heterocycles. The Kier molecular flexibility index (Phi) is 5.92. The van der Waals surface area contributed by atoms with Crippen LogP contribution in [0.25, 0.3) is 5.69 Å². The first-order valence-electron chi connectivity index (χ1n) is 9.16. The third-order valence-corrected chi connectivity index (χ3v) is 5.87. The Labute approximate surface area is 171 Å². The van der Waals surface area contributed by atoms with Crippen LogP contribution in [-0.2, 0) is 11.3 Å². The number of carbonyl (C=O) groups is 1. The monoisotopic (exact) mass is 417 g/mol. The molecule has 8 nitrogen and oxygen atoms in total. The highest BCUT2D eigenvalue weighted by Gasteiger charge is 2.22. The summed E-state index contributed by atoms with van der Waals surface area (Å²) in [5, 5.41) is 20.5. The van der Waals surface area contributed by atoms with Gasteiger partial charge in [0.05, 0.1) is 23.7 Å². The summed E-state index contributed by atoms with van der Waals surface area (Å²) in [5.74, 6) is 0.212. The molecular formula is C18H20ClN7OS. The first-order chi connectivity index (χ1) is 13.7. The van der Waals surface area contributed by atoms with Gasteiger partial charge < -0.3 is 5.32 Å². The minimum atomic E-state index is -0.0646. The van der Waals surface area contributed by atoms with Gasteiger partial charge in [0.2, 0.25) is 11.1 Å². The van der Waals surface area contributed by atoms with E-state index in [0.717, 1.165) is 24.1 Å². The number of nitrogens with zero attached hydrogens (tertiary/aromatic N) is 6. The molecule has 1 fully saturated rings. The van der Waals surface area contributed by atoms with Crippen LogP contribution in [0.5, 0.6) is 0 Å². The Morgan fingerprint density at radius 2 is 2.04 bits per heavy atom. The topological polar surface area (TPSA) is 90.5 Å². The molecule has 2 aromatic heterocycles. The number of amides is 1. The van der Waals surface area contributed by atoms with Gasteiger partial charge in [-0.25, -0.2) is 9.36 Å². The van der Waals surface area contributed by atoms with Crippen LogP contribution in [0.2, 0.25) is 5.02 Å². The van der Waals surface area contributed by atoms with Gasteiger partial charge in [0, 0.05) is 23.3 Å². The summed E-state index contributed by atoms with van der Waals surface area (Å²) in [4.78, 5) is 12.2. The van der Waals surface area contributed by atoms with E-state index in [1.165, 1.54) is 24.6 Å². The fourth-order valence-corrected chi connectivity index (χ4v) is 4.13. The Bertz CT molecular complexity index is 934. The molecule has 0 spiro atoms. The SMILES string of the molecule is O=C(CSc1nnnn1C1CCCC1)NCc1cnn(-c2ccc(Cl)cc2)c1. The van der Waals surface area contributed by atoms with Crippen LogP contribution in [0.15, 0.2) is 41.8 Å². The predicted octanol–water partition coefficient (Wildman–Crippen LogP) is 3.04. The number of thioether (sulfide) groups is 1. The second-order valence-electron chi connectivity index (χ2n) is 6.68. The fraction of sp³-hybridized carbons (Fsp3) is 0.389. The minimum absolute atomic E-state index is 0.0646. The Morgan fingerprint density at radius 1 is 1.25 bits per heavy atom. The lowest BCUT2D eigenvalue weighted by atomic mass is 10.3. The van der Waals surface area contributed by atoms with Gasteiger partial charge in [-0.2, -0.15) is 5.10 Å². The van der Waals surface area contributed by atoms with Gasteiger partial charge in [0.15, 0.2) is 0 Å². The zero-order valence-electron chi connectivity index (χ0n) is 15.2. The number of tetrazole rings is 1. The van der Waals surface area contributed by atoms with Crippen LogP contribution in [-0.4, -0.2) is 41.6 Å². The molecular weight excluding hydrogens is 398 g/mol. The highest BCUT2D eigenvalue weighted by atomic mass is 35.5. The molecule has 0 radical (unpaired) electrons. The molecule has 146 valence electrons. The number of carbonyl (C=O) groups excluding carboxylic acids is 1. The highest BCUT2D eigenvalue weighted by Crippen LogP contribution is 2.31. The number of nitrogens with one attached hydrogen (secondary N) is 1. The Balaban J connectivity index is 1.27. The fourth-order valence-electron chi connectivity index (χ4n) is 3.23. The van der Waals surface area contributed by atoms with Crippen molar-refractivity contribution in [2.45, 2.75) is 43.4 Å². The van der Waals surface area contributed by atoms with E-state index in [0.29, 0.717) is 22.8 Å². The molecule has 2 heterocycles. The summed E-state index contributed by atoms with van der Waals surface area (Å²) in [6, 6.07) is 7.78. The third kappa shape index (κ3) is 4.53. The van der Waals surface area contributed by atoms with E-state index in [1.54, 1.807) is 10.9 Å². The number of hydrogen-bond acceptors (Lipinski definition) is 6. The molecule has 28 heavy (non-hydrogen) atoms. The van der Waals surface area contributed by atoms with Crippen LogP contribution in [0.3, 0.4) is 0 Å². The number of rotatable bonds is 7. The molecule has 3 aromatic rings. The molecule has 0 aliphatic heterocycles. The first-order valence-corrected chi connectivity index (χ1v) is 10.5. The lowest BCUT2D eigenvalue weighted by Crippen LogP contribution is -2.24. The highest BCUT2D eigenvalue weighted by molar-refractivity contribution is 7.99. The largest absolute Gasteiger partial charge is 0.351 e. The van der Waals surface area contributed by atoms with Gasteiger partial charge in [-0.05, 0) is 47.5 Å². The molecule has 0 bridgehead atoms. The smallest absolute Gasteiger partial charge is 0.230 e. The van der Waals surface area contributed by atoms with E-state index in [9.17, 15) is 4.79 Å². The van der Waals surface area contributed by atoms with Crippen LogP contribution >= 0.6 is 23.4 Å². The third-order valence-electron chi connectivity index (χ3n) is 4.68. The summed E-state index contributed by atoms with van der Waals surface area (Å²) >= 11 is 7.28. The first kappa shape index (κ1) is 18.9. The van der Waals surface area contributed by atoms with Crippen LogP contribution in [0.4, 0.5) is 0 Å². The van der Waals surface area contributed by atoms with Crippen molar-refractivity contribution in [3.63, 3.8) is 0 Å². The van der Waals surface area contributed by atoms with Crippen molar-refractivity contribution in [3.8, 4) is 5.69 Å². The standard InChI is InChI=1S/C18H20ClN7OS/c19-14-5-7-15(8-6-14)25-11-13(10-21-25)9-20-17(27)12-28-18-22-23-24-26(18)16-3-1-2-4-16/h5-8,10-11,16H,1-4,9,12H2,(H,20,27). The van der Waals surface area contributed by atoms with Gasteiger partial charge >= 0.3 is 0 Å². The van der Waals surface area contributed by atoms with E-state index in [4.69, 9.17) is 11.6 Å². The maximum absolute atomic E-state index is 12.2. The number of halogens is 1. The summed E-state index contributed by atoms with van der Waals surface area (Å²) in [6.45, 7) is 0.417. The van der Waals surface area contributed by atoms with Crippen molar-refractivity contribution in [1.82, 2.24) is 35.3 Å². The lowest BCUT2D eigenvalue weighted by Gasteiger charge is -2.10. The van der Waals surface area contributed by atoms with E-state index in [2.05, 4.69) is 25.9 Å². The number of benzene rings is 1.